The fraction of sp³-hybridized carbons (Fsp3) is 0.350. The minimum atomic E-state index is -3.67. The molecule has 0 radical (unpaired) electrons. The molecule has 0 aliphatic carbocycles. The summed E-state index contributed by atoms with van der Waals surface area (Å²) in [6, 6.07) is 5.18. The standard InChI is InChI=1S/C20H23N5O4S2/c26-18(4-2-7-22-20(27)15-5-12-30-14-15)24-8-10-25(11-9-24)31(28,29)17-13-23-19-16(17)3-1-6-21-19/h1,3,5-6,12-14H,2,4,7-11H2,(H,21,23)(H,22,27). The van der Waals surface area contributed by atoms with E-state index in [0.29, 0.717) is 49.1 Å². The lowest BCUT2D eigenvalue weighted by atomic mass is 10.2. The summed E-state index contributed by atoms with van der Waals surface area (Å²) in [7, 11) is -3.67. The van der Waals surface area contributed by atoms with E-state index in [2.05, 4.69) is 15.3 Å². The fourth-order valence-corrected chi connectivity index (χ4v) is 5.77. The Morgan fingerprint density at radius 3 is 2.74 bits per heavy atom. The molecule has 3 aromatic heterocycles. The molecule has 31 heavy (non-hydrogen) atoms. The van der Waals surface area contributed by atoms with Crippen molar-refractivity contribution in [1.29, 1.82) is 0 Å². The minimum Gasteiger partial charge on any atom is -0.352 e. The Labute approximate surface area is 184 Å². The molecule has 1 saturated heterocycles. The topological polar surface area (TPSA) is 115 Å². The molecule has 2 amide bonds. The number of nitrogens with zero attached hydrogens (tertiary/aromatic N) is 3. The van der Waals surface area contributed by atoms with Gasteiger partial charge in [-0.3, -0.25) is 9.59 Å². The molecule has 0 aromatic carbocycles. The average Bonchev–Trinajstić information content (AvgIpc) is 3.47. The first-order chi connectivity index (χ1) is 15.0. The lowest BCUT2D eigenvalue weighted by Gasteiger charge is -2.34. The van der Waals surface area contributed by atoms with Crippen molar-refractivity contribution in [2.24, 2.45) is 0 Å². The number of fused-ring (bicyclic) bond motifs is 1. The molecule has 11 heteroatoms. The van der Waals surface area contributed by atoms with Crippen LogP contribution in [0.4, 0.5) is 0 Å². The summed E-state index contributed by atoms with van der Waals surface area (Å²) >= 11 is 1.46. The number of aromatic amines is 1. The molecule has 164 valence electrons. The number of H-pyrrole nitrogens is 1. The van der Waals surface area contributed by atoms with Gasteiger partial charge in [0.2, 0.25) is 15.9 Å². The summed E-state index contributed by atoms with van der Waals surface area (Å²) in [4.78, 5) is 33.3. The smallest absolute Gasteiger partial charge is 0.252 e. The van der Waals surface area contributed by atoms with E-state index in [0.717, 1.165) is 0 Å². The van der Waals surface area contributed by atoms with E-state index in [1.54, 1.807) is 34.7 Å². The monoisotopic (exact) mass is 461 g/mol. The maximum Gasteiger partial charge on any atom is 0.252 e. The van der Waals surface area contributed by atoms with Crippen LogP contribution in [0, 0.1) is 0 Å². The zero-order valence-electron chi connectivity index (χ0n) is 16.8. The van der Waals surface area contributed by atoms with Gasteiger partial charge in [-0.15, -0.1) is 0 Å². The normalized spacial score (nSPS) is 15.3. The van der Waals surface area contributed by atoms with Crippen LogP contribution >= 0.6 is 11.3 Å². The third kappa shape index (κ3) is 4.63. The van der Waals surface area contributed by atoms with Crippen LogP contribution in [-0.4, -0.2) is 72.1 Å². The maximum absolute atomic E-state index is 13.0. The van der Waals surface area contributed by atoms with Gasteiger partial charge in [-0.05, 0) is 30.0 Å². The number of sulfonamides is 1. The third-order valence-electron chi connectivity index (χ3n) is 5.26. The number of rotatable bonds is 7. The van der Waals surface area contributed by atoms with Crippen molar-refractivity contribution in [3.63, 3.8) is 0 Å². The van der Waals surface area contributed by atoms with Gasteiger partial charge in [-0.25, -0.2) is 13.4 Å². The number of pyridine rings is 1. The minimum absolute atomic E-state index is 0.0295. The van der Waals surface area contributed by atoms with Crippen LogP contribution in [0.5, 0.6) is 0 Å². The summed E-state index contributed by atoms with van der Waals surface area (Å²) in [6.45, 7) is 1.61. The Morgan fingerprint density at radius 1 is 1.19 bits per heavy atom. The predicted octanol–water partition coefficient (Wildman–Crippen LogP) is 1.67. The number of carbonyl (C=O) groups excluding carboxylic acids is 2. The summed E-state index contributed by atoms with van der Waals surface area (Å²) in [5.74, 6) is -0.168. The summed E-state index contributed by atoms with van der Waals surface area (Å²) < 4.78 is 27.5. The second-order valence-corrected chi connectivity index (χ2v) is 9.90. The molecule has 0 atom stereocenters. The molecule has 0 bridgehead atoms. The number of piperazine rings is 1. The SMILES string of the molecule is O=C(NCCCC(=O)N1CCN(S(=O)(=O)c2c[nH]c3ncccc23)CC1)c1ccsc1. The number of thiophene rings is 1. The van der Waals surface area contributed by atoms with Crippen LogP contribution in [0.2, 0.25) is 0 Å². The number of hydrogen-bond donors (Lipinski definition) is 2. The van der Waals surface area contributed by atoms with Gasteiger partial charge >= 0.3 is 0 Å². The van der Waals surface area contributed by atoms with Gasteiger partial charge in [0.05, 0.1) is 0 Å². The predicted molar refractivity (Wildman–Crippen MR) is 117 cm³/mol. The fourth-order valence-electron chi connectivity index (χ4n) is 3.56. The molecule has 9 nitrogen and oxygen atoms in total. The number of nitrogens with one attached hydrogen (secondary N) is 2. The highest BCUT2D eigenvalue weighted by atomic mass is 32.2. The molecule has 0 unspecified atom stereocenters. The lowest BCUT2D eigenvalue weighted by Crippen LogP contribution is -2.50. The van der Waals surface area contributed by atoms with Crippen molar-refractivity contribution in [1.82, 2.24) is 24.5 Å². The van der Waals surface area contributed by atoms with E-state index in [1.165, 1.54) is 21.8 Å². The number of hydrogen-bond acceptors (Lipinski definition) is 6. The Bertz CT molecular complexity index is 1170. The largest absolute Gasteiger partial charge is 0.352 e. The maximum atomic E-state index is 13.0. The van der Waals surface area contributed by atoms with Crippen LogP contribution < -0.4 is 5.32 Å². The van der Waals surface area contributed by atoms with Crippen LogP contribution in [-0.2, 0) is 14.8 Å². The molecule has 2 N–H and O–H groups in total. The molecule has 4 heterocycles. The number of amides is 2. The highest BCUT2D eigenvalue weighted by Crippen LogP contribution is 2.25. The molecular weight excluding hydrogens is 438 g/mol. The quantitative estimate of drug-likeness (QED) is 0.519. The van der Waals surface area contributed by atoms with Crippen molar-refractivity contribution < 1.29 is 18.0 Å². The highest BCUT2D eigenvalue weighted by Gasteiger charge is 2.31. The molecule has 1 fully saturated rings. The van der Waals surface area contributed by atoms with Crippen molar-refractivity contribution in [3.05, 3.63) is 46.9 Å². The van der Waals surface area contributed by atoms with Crippen LogP contribution in [0.15, 0.2) is 46.2 Å². The second kappa shape index (κ2) is 9.16. The van der Waals surface area contributed by atoms with Gasteiger partial charge in [0.1, 0.15) is 10.5 Å². The zero-order valence-corrected chi connectivity index (χ0v) is 18.4. The first-order valence-electron chi connectivity index (χ1n) is 9.97. The van der Waals surface area contributed by atoms with Crippen molar-refractivity contribution in [3.8, 4) is 0 Å². The molecule has 1 aliphatic rings. The number of carbonyl (C=O) groups is 2. The van der Waals surface area contributed by atoms with Crippen LogP contribution in [0.3, 0.4) is 0 Å². The third-order valence-corrected chi connectivity index (χ3v) is 7.88. The van der Waals surface area contributed by atoms with Crippen molar-refractivity contribution in [2.45, 2.75) is 17.7 Å². The summed E-state index contributed by atoms with van der Waals surface area (Å²) in [6.07, 6.45) is 3.92. The van der Waals surface area contributed by atoms with Gasteiger partial charge in [-0.2, -0.15) is 15.6 Å². The number of aromatic nitrogens is 2. The Kier molecular flexibility index (Phi) is 6.35. The van der Waals surface area contributed by atoms with Crippen molar-refractivity contribution in [2.75, 3.05) is 32.7 Å². The molecular formula is C20H23N5O4S2. The van der Waals surface area contributed by atoms with Crippen molar-refractivity contribution >= 4 is 44.2 Å². The first-order valence-corrected chi connectivity index (χ1v) is 12.4. The van der Waals surface area contributed by atoms with E-state index in [1.807, 2.05) is 5.38 Å². The van der Waals surface area contributed by atoms with Gasteiger partial charge in [0.25, 0.3) is 5.91 Å². The van der Waals surface area contributed by atoms with E-state index >= 15 is 0 Å². The Hall–Kier alpha value is -2.76. The summed E-state index contributed by atoms with van der Waals surface area (Å²) in [5.41, 5.74) is 1.15. The van der Waals surface area contributed by atoms with Crippen LogP contribution in [0.25, 0.3) is 11.0 Å². The van der Waals surface area contributed by atoms with Gasteiger partial charge < -0.3 is 15.2 Å². The summed E-state index contributed by atoms with van der Waals surface area (Å²) in [5, 5.41) is 6.98. The van der Waals surface area contributed by atoms with E-state index in [-0.39, 0.29) is 29.8 Å². The molecule has 1 aliphatic heterocycles. The molecule has 4 rings (SSSR count). The van der Waals surface area contributed by atoms with Crippen LogP contribution in [0.1, 0.15) is 23.2 Å². The van der Waals surface area contributed by atoms with E-state index < -0.39 is 10.0 Å². The zero-order chi connectivity index (χ0) is 21.8. The van der Waals surface area contributed by atoms with Gasteiger partial charge in [0.15, 0.2) is 0 Å². The highest BCUT2D eigenvalue weighted by molar-refractivity contribution is 7.89. The Balaban J connectivity index is 1.26. The van der Waals surface area contributed by atoms with Gasteiger partial charge in [0, 0.05) is 67.9 Å². The molecule has 3 aromatic rings. The molecule has 0 spiro atoms. The second-order valence-electron chi connectivity index (χ2n) is 7.21. The van der Waals surface area contributed by atoms with E-state index in [9.17, 15) is 18.0 Å². The first kappa shape index (κ1) is 21.5. The molecule has 0 saturated carbocycles. The van der Waals surface area contributed by atoms with Gasteiger partial charge in [-0.1, -0.05) is 0 Å². The van der Waals surface area contributed by atoms with E-state index in [4.69, 9.17) is 0 Å². The lowest BCUT2D eigenvalue weighted by molar-refractivity contribution is -0.132. The Morgan fingerprint density at radius 2 is 2.00 bits per heavy atom. The average molecular weight is 462 g/mol.